The lowest BCUT2D eigenvalue weighted by Crippen LogP contribution is -2.16. The van der Waals surface area contributed by atoms with Crippen molar-refractivity contribution in [3.05, 3.63) is 22.2 Å². The molecule has 1 saturated heterocycles. The molecule has 0 aromatic heterocycles. The Bertz CT molecular complexity index is 453. The average Bonchev–Trinajstić information content (AvgIpc) is 2.90. The molecule has 98 valence electrons. The number of hydrogen-bond donors (Lipinski definition) is 0. The van der Waals surface area contributed by atoms with Gasteiger partial charge in [0, 0.05) is 23.1 Å². The number of rotatable bonds is 4. The van der Waals surface area contributed by atoms with E-state index in [0.717, 1.165) is 6.42 Å². The van der Waals surface area contributed by atoms with Crippen LogP contribution in [0.25, 0.3) is 0 Å². The molecule has 1 heterocycles. The molecule has 0 saturated carbocycles. The van der Waals surface area contributed by atoms with Crippen molar-refractivity contribution in [2.75, 3.05) is 27.4 Å². The summed E-state index contributed by atoms with van der Waals surface area (Å²) in [5.74, 6) is 1.15. The van der Waals surface area contributed by atoms with Gasteiger partial charge in [-0.2, -0.15) is 0 Å². The predicted octanol–water partition coefficient (Wildman–Crippen LogP) is 2.69. The maximum atomic E-state index is 12.4. The van der Waals surface area contributed by atoms with Crippen molar-refractivity contribution in [2.24, 2.45) is 5.92 Å². The first kappa shape index (κ1) is 13.4. The first-order chi connectivity index (χ1) is 8.67. The van der Waals surface area contributed by atoms with Crippen LogP contribution in [-0.4, -0.2) is 33.2 Å². The number of ether oxygens (including phenoxy) is 3. The zero-order valence-corrected chi connectivity index (χ0v) is 12.0. The molecule has 0 bridgehead atoms. The molecule has 5 heteroatoms. The first-order valence-corrected chi connectivity index (χ1v) is 6.50. The second-order valence-corrected chi connectivity index (χ2v) is 4.97. The zero-order chi connectivity index (χ0) is 13.1. The third-order valence-corrected chi connectivity index (χ3v) is 3.66. The summed E-state index contributed by atoms with van der Waals surface area (Å²) in [6.07, 6.45) is 0.764. The van der Waals surface area contributed by atoms with E-state index in [2.05, 4.69) is 15.9 Å². The lowest BCUT2D eigenvalue weighted by Gasteiger charge is -2.14. The van der Waals surface area contributed by atoms with E-state index in [4.69, 9.17) is 14.2 Å². The van der Waals surface area contributed by atoms with Gasteiger partial charge < -0.3 is 14.2 Å². The maximum Gasteiger partial charge on any atom is 0.173 e. The molecular weight excluding hydrogens is 300 g/mol. The van der Waals surface area contributed by atoms with Crippen molar-refractivity contribution in [2.45, 2.75) is 6.42 Å². The van der Waals surface area contributed by atoms with Gasteiger partial charge in [0.25, 0.3) is 0 Å². The van der Waals surface area contributed by atoms with Gasteiger partial charge in [0.1, 0.15) is 11.5 Å². The smallest absolute Gasteiger partial charge is 0.173 e. The highest BCUT2D eigenvalue weighted by molar-refractivity contribution is 9.10. The summed E-state index contributed by atoms with van der Waals surface area (Å²) in [6, 6.07) is 3.49. The van der Waals surface area contributed by atoms with Gasteiger partial charge in [0.05, 0.1) is 26.4 Å². The molecule has 2 rings (SSSR count). The number of ketones is 1. The van der Waals surface area contributed by atoms with E-state index < -0.39 is 0 Å². The van der Waals surface area contributed by atoms with Crippen LogP contribution in [0.3, 0.4) is 0 Å². The summed E-state index contributed by atoms with van der Waals surface area (Å²) in [5.41, 5.74) is 0.564. The van der Waals surface area contributed by atoms with Gasteiger partial charge in [-0.25, -0.2) is 0 Å². The zero-order valence-electron chi connectivity index (χ0n) is 10.4. The van der Waals surface area contributed by atoms with Crippen LogP contribution in [0.4, 0.5) is 0 Å². The van der Waals surface area contributed by atoms with Gasteiger partial charge in [-0.15, -0.1) is 0 Å². The Labute approximate surface area is 114 Å². The van der Waals surface area contributed by atoms with Crippen molar-refractivity contribution in [3.8, 4) is 11.5 Å². The molecule has 1 fully saturated rings. The number of methoxy groups -OCH3 is 2. The van der Waals surface area contributed by atoms with Gasteiger partial charge in [-0.1, -0.05) is 0 Å². The second kappa shape index (κ2) is 5.71. The number of benzene rings is 1. The Hall–Kier alpha value is -1.07. The van der Waals surface area contributed by atoms with E-state index in [1.165, 1.54) is 0 Å². The van der Waals surface area contributed by atoms with Crippen LogP contribution in [0, 0.1) is 5.92 Å². The van der Waals surface area contributed by atoms with Crippen molar-refractivity contribution >= 4 is 21.7 Å². The highest BCUT2D eigenvalue weighted by atomic mass is 79.9. The van der Waals surface area contributed by atoms with Crippen molar-refractivity contribution in [3.63, 3.8) is 0 Å². The van der Waals surface area contributed by atoms with Crippen molar-refractivity contribution in [1.29, 1.82) is 0 Å². The van der Waals surface area contributed by atoms with Gasteiger partial charge in [-0.05, 0) is 28.4 Å². The molecule has 4 nitrogen and oxygen atoms in total. The Morgan fingerprint density at radius 3 is 2.72 bits per heavy atom. The number of hydrogen-bond acceptors (Lipinski definition) is 4. The molecule has 0 N–H and O–H groups in total. The normalized spacial score (nSPS) is 18.7. The van der Waals surface area contributed by atoms with Gasteiger partial charge in [0.2, 0.25) is 0 Å². The van der Waals surface area contributed by atoms with E-state index in [1.54, 1.807) is 26.4 Å². The maximum absolute atomic E-state index is 12.4. The minimum absolute atomic E-state index is 0.0545. The second-order valence-electron chi connectivity index (χ2n) is 4.11. The van der Waals surface area contributed by atoms with E-state index in [0.29, 0.717) is 34.7 Å². The molecule has 1 aromatic rings. The first-order valence-electron chi connectivity index (χ1n) is 5.71. The van der Waals surface area contributed by atoms with Crippen LogP contribution < -0.4 is 9.47 Å². The van der Waals surface area contributed by atoms with Gasteiger partial charge in [0.15, 0.2) is 5.78 Å². The minimum Gasteiger partial charge on any atom is -0.497 e. The summed E-state index contributed by atoms with van der Waals surface area (Å²) >= 11 is 3.41. The third kappa shape index (κ3) is 2.52. The number of carbonyl (C=O) groups is 1. The minimum atomic E-state index is -0.0800. The highest BCUT2D eigenvalue weighted by Crippen LogP contribution is 2.35. The molecule has 0 aliphatic carbocycles. The number of carbonyl (C=O) groups excluding carboxylic acids is 1. The summed E-state index contributed by atoms with van der Waals surface area (Å²) in [5, 5.41) is 0. The Morgan fingerprint density at radius 2 is 2.17 bits per heavy atom. The lowest BCUT2D eigenvalue weighted by atomic mass is 9.96. The predicted molar refractivity (Wildman–Crippen MR) is 70.5 cm³/mol. The van der Waals surface area contributed by atoms with Crippen molar-refractivity contribution in [1.82, 2.24) is 0 Å². The van der Waals surface area contributed by atoms with Gasteiger partial charge in [-0.3, -0.25) is 4.79 Å². The van der Waals surface area contributed by atoms with Crippen LogP contribution in [0.1, 0.15) is 16.8 Å². The number of Topliss-reactive ketones (excluding diaryl/α,β-unsaturated/α-hetero) is 1. The SMILES string of the molecule is COc1cc(Br)c(C(=O)C2CCOC2)c(OC)c1. The standard InChI is InChI=1S/C13H15BrO4/c1-16-9-5-10(14)12(11(6-9)17-2)13(15)8-3-4-18-7-8/h5-6,8H,3-4,7H2,1-2H3. The van der Waals surface area contributed by atoms with Crippen LogP contribution in [0.5, 0.6) is 11.5 Å². The molecule has 1 unspecified atom stereocenters. The third-order valence-electron chi connectivity index (χ3n) is 3.03. The molecule has 1 aromatic carbocycles. The van der Waals surface area contributed by atoms with Crippen LogP contribution in [-0.2, 0) is 4.74 Å². The summed E-state index contributed by atoms with van der Waals surface area (Å²) in [7, 11) is 3.12. The molecule has 0 spiro atoms. The van der Waals surface area contributed by atoms with Crippen LogP contribution in [0.15, 0.2) is 16.6 Å². The number of halogens is 1. The van der Waals surface area contributed by atoms with E-state index >= 15 is 0 Å². The Morgan fingerprint density at radius 1 is 1.39 bits per heavy atom. The van der Waals surface area contributed by atoms with E-state index in [-0.39, 0.29) is 11.7 Å². The topological polar surface area (TPSA) is 44.8 Å². The largest absolute Gasteiger partial charge is 0.497 e. The molecular formula is C13H15BrO4. The van der Waals surface area contributed by atoms with E-state index in [9.17, 15) is 4.79 Å². The fourth-order valence-corrected chi connectivity index (χ4v) is 2.64. The molecule has 1 aliphatic rings. The fourth-order valence-electron chi connectivity index (χ4n) is 2.02. The summed E-state index contributed by atoms with van der Waals surface area (Å²) in [4.78, 5) is 12.4. The fraction of sp³-hybridized carbons (Fsp3) is 0.462. The molecule has 18 heavy (non-hydrogen) atoms. The molecule has 0 amide bonds. The Balaban J connectivity index is 2.39. The average molecular weight is 315 g/mol. The van der Waals surface area contributed by atoms with Crippen LogP contribution >= 0.6 is 15.9 Å². The lowest BCUT2D eigenvalue weighted by molar-refractivity contribution is 0.0896. The molecule has 1 aliphatic heterocycles. The monoisotopic (exact) mass is 314 g/mol. The molecule has 0 radical (unpaired) electrons. The summed E-state index contributed by atoms with van der Waals surface area (Å²) in [6.45, 7) is 1.13. The quantitative estimate of drug-likeness (QED) is 0.802. The Kier molecular flexibility index (Phi) is 4.24. The summed E-state index contributed by atoms with van der Waals surface area (Å²) < 4.78 is 16.4. The highest BCUT2D eigenvalue weighted by Gasteiger charge is 2.28. The van der Waals surface area contributed by atoms with Gasteiger partial charge >= 0.3 is 0 Å². The molecule has 1 atom stereocenters. The van der Waals surface area contributed by atoms with Crippen LogP contribution in [0.2, 0.25) is 0 Å². The van der Waals surface area contributed by atoms with Crippen molar-refractivity contribution < 1.29 is 19.0 Å². The van der Waals surface area contributed by atoms with E-state index in [1.807, 2.05) is 0 Å².